The topological polar surface area (TPSA) is 0 Å². The first-order valence-corrected chi connectivity index (χ1v) is 9.98. The van der Waals surface area contributed by atoms with Gasteiger partial charge in [-0.3, -0.25) is 0 Å². The molecule has 0 spiro atoms. The van der Waals surface area contributed by atoms with E-state index >= 15 is 0 Å². The maximum atomic E-state index is 3.47. The average Bonchev–Trinajstić information content (AvgIpc) is 2.85. The Bertz CT molecular complexity index is 1140. The van der Waals surface area contributed by atoms with Crippen molar-refractivity contribution in [1.29, 1.82) is 0 Å². The molecule has 5 rings (SSSR count). The standard InChI is InChI=1S/C30H18/c1-5-13-23(14-6-1)27-21-22-28(24-15-7-2-8-16-24)30(26-19-11-4-12-20-26)29(27)25-17-9-3-10-18-25/h1-7,9-15,17-20H. The van der Waals surface area contributed by atoms with Crippen molar-refractivity contribution < 1.29 is 0 Å². The number of rotatable bonds is 4. The fraction of sp³-hybridized carbons (Fsp3) is 0. The van der Waals surface area contributed by atoms with Crippen LogP contribution in [0, 0.1) is 24.3 Å². The minimum absolute atomic E-state index is 0.962. The molecule has 4 radical (unpaired) electrons. The Balaban J connectivity index is 1.91. The van der Waals surface area contributed by atoms with Gasteiger partial charge in [0.2, 0.25) is 0 Å². The zero-order valence-corrected chi connectivity index (χ0v) is 16.4. The van der Waals surface area contributed by atoms with Gasteiger partial charge >= 0.3 is 0 Å². The Kier molecular flexibility index (Phi) is 4.98. The van der Waals surface area contributed by atoms with Crippen LogP contribution >= 0.6 is 0 Å². The van der Waals surface area contributed by atoms with Crippen LogP contribution in [0.1, 0.15) is 0 Å². The Hall–Kier alpha value is -3.90. The van der Waals surface area contributed by atoms with Crippen molar-refractivity contribution >= 4 is 0 Å². The molecule has 0 aliphatic rings. The molecule has 0 atom stereocenters. The molecule has 0 heterocycles. The molecule has 0 nitrogen and oxygen atoms in total. The highest BCUT2D eigenvalue weighted by Gasteiger charge is 2.19. The molecule has 0 heteroatoms. The van der Waals surface area contributed by atoms with Gasteiger partial charge in [0.05, 0.1) is 0 Å². The summed E-state index contributed by atoms with van der Waals surface area (Å²) in [6, 6.07) is 50.6. The largest absolute Gasteiger partial charge is 0.0622 e. The smallest absolute Gasteiger partial charge is 0.0000246 e. The quantitative estimate of drug-likeness (QED) is 0.303. The lowest BCUT2D eigenvalue weighted by Crippen LogP contribution is -1.95. The van der Waals surface area contributed by atoms with E-state index in [0.29, 0.717) is 0 Å². The second kappa shape index (κ2) is 8.23. The molecule has 0 aliphatic heterocycles. The van der Waals surface area contributed by atoms with Crippen LogP contribution < -0.4 is 0 Å². The highest BCUT2D eigenvalue weighted by molar-refractivity contribution is 6.00. The van der Waals surface area contributed by atoms with Crippen molar-refractivity contribution in [3.05, 3.63) is 133 Å². The van der Waals surface area contributed by atoms with Gasteiger partial charge in [0, 0.05) is 0 Å². The molecule has 30 heavy (non-hydrogen) atoms. The highest BCUT2D eigenvalue weighted by Crippen LogP contribution is 2.44. The van der Waals surface area contributed by atoms with Gasteiger partial charge in [-0.1, -0.05) is 109 Å². The molecule has 0 fully saturated rings. The Labute approximate surface area is 178 Å². The van der Waals surface area contributed by atoms with Gasteiger partial charge in [0.25, 0.3) is 0 Å². The summed E-state index contributed by atoms with van der Waals surface area (Å²) >= 11 is 0. The van der Waals surface area contributed by atoms with Gasteiger partial charge in [-0.2, -0.15) is 0 Å². The van der Waals surface area contributed by atoms with E-state index in [1.165, 1.54) is 0 Å². The van der Waals surface area contributed by atoms with Gasteiger partial charge in [-0.05, 0) is 68.8 Å². The van der Waals surface area contributed by atoms with Crippen molar-refractivity contribution in [3.63, 3.8) is 0 Å². The van der Waals surface area contributed by atoms with Crippen molar-refractivity contribution in [2.24, 2.45) is 0 Å². The molecule has 0 aromatic heterocycles. The maximum absolute atomic E-state index is 3.47. The van der Waals surface area contributed by atoms with E-state index in [0.717, 1.165) is 44.5 Å². The van der Waals surface area contributed by atoms with Crippen LogP contribution in [0.2, 0.25) is 0 Å². The zero-order valence-electron chi connectivity index (χ0n) is 16.4. The fourth-order valence-corrected chi connectivity index (χ4v) is 3.81. The van der Waals surface area contributed by atoms with E-state index in [2.05, 4.69) is 103 Å². The van der Waals surface area contributed by atoms with Gasteiger partial charge in [0.15, 0.2) is 0 Å². The first kappa shape index (κ1) is 18.1. The van der Waals surface area contributed by atoms with E-state index in [1.807, 2.05) is 30.3 Å². The lowest BCUT2D eigenvalue weighted by atomic mass is 9.83. The van der Waals surface area contributed by atoms with E-state index in [9.17, 15) is 0 Å². The predicted molar refractivity (Wildman–Crippen MR) is 124 cm³/mol. The minimum Gasteiger partial charge on any atom is -0.0622 e. The van der Waals surface area contributed by atoms with Crippen molar-refractivity contribution in [2.75, 3.05) is 0 Å². The first-order chi connectivity index (χ1) is 14.9. The molecule has 0 bridgehead atoms. The van der Waals surface area contributed by atoms with Crippen LogP contribution in [0.25, 0.3) is 44.5 Å². The van der Waals surface area contributed by atoms with Gasteiger partial charge in [-0.15, -0.1) is 0 Å². The van der Waals surface area contributed by atoms with Crippen molar-refractivity contribution in [3.8, 4) is 44.5 Å². The van der Waals surface area contributed by atoms with Crippen LogP contribution in [0.15, 0.2) is 109 Å². The van der Waals surface area contributed by atoms with Crippen LogP contribution in [0.3, 0.4) is 0 Å². The van der Waals surface area contributed by atoms with E-state index < -0.39 is 0 Å². The molecule has 5 aromatic rings. The molecule has 5 aromatic carbocycles. The van der Waals surface area contributed by atoms with Gasteiger partial charge in [-0.25, -0.2) is 0 Å². The highest BCUT2D eigenvalue weighted by atomic mass is 14.2. The van der Waals surface area contributed by atoms with Crippen LogP contribution in [-0.4, -0.2) is 0 Å². The third-order valence-electron chi connectivity index (χ3n) is 5.17. The van der Waals surface area contributed by atoms with Gasteiger partial charge < -0.3 is 0 Å². The summed E-state index contributed by atoms with van der Waals surface area (Å²) < 4.78 is 0. The van der Waals surface area contributed by atoms with E-state index in [1.54, 1.807) is 0 Å². The summed E-state index contributed by atoms with van der Waals surface area (Å²) in [5.74, 6) is 0. The third-order valence-corrected chi connectivity index (χ3v) is 5.17. The summed E-state index contributed by atoms with van der Waals surface area (Å²) in [4.78, 5) is 0. The normalized spacial score (nSPS) is 10.7. The van der Waals surface area contributed by atoms with Crippen LogP contribution in [-0.2, 0) is 0 Å². The molecular formula is C30H18. The number of hydrogen-bond acceptors (Lipinski definition) is 0. The average molecular weight is 378 g/mol. The summed E-state index contributed by atoms with van der Waals surface area (Å²) in [5, 5.41) is 0. The molecule has 0 saturated carbocycles. The Morgan fingerprint density at radius 3 is 1.43 bits per heavy atom. The minimum atomic E-state index is 0.962. The van der Waals surface area contributed by atoms with Gasteiger partial charge in [0.1, 0.15) is 0 Å². The molecule has 0 aliphatic carbocycles. The van der Waals surface area contributed by atoms with Crippen molar-refractivity contribution in [1.82, 2.24) is 0 Å². The molecule has 138 valence electrons. The second-order valence-corrected chi connectivity index (χ2v) is 7.06. The first-order valence-electron chi connectivity index (χ1n) is 9.98. The molecule has 0 amide bonds. The summed E-state index contributed by atoms with van der Waals surface area (Å²) in [7, 11) is 0. The molecule has 0 unspecified atom stereocenters. The van der Waals surface area contributed by atoms with Crippen LogP contribution in [0.5, 0.6) is 0 Å². The molecular weight excluding hydrogens is 360 g/mol. The Morgan fingerprint density at radius 1 is 0.400 bits per heavy atom. The summed E-state index contributed by atoms with van der Waals surface area (Å²) in [6.07, 6.45) is 0. The Morgan fingerprint density at radius 2 is 0.900 bits per heavy atom. The second-order valence-electron chi connectivity index (χ2n) is 7.06. The maximum Gasteiger partial charge on any atom is -0.0000246 e. The van der Waals surface area contributed by atoms with E-state index in [4.69, 9.17) is 0 Å². The predicted octanol–water partition coefficient (Wildman–Crippen LogP) is 7.56. The lowest BCUT2D eigenvalue weighted by molar-refractivity contribution is 1.52. The SMILES string of the molecule is [c]1[c]c(-c2[c][c]c(-c3ccccc3)c(-c3ccccc3)c2-c2ccccc2)ccc1. The van der Waals surface area contributed by atoms with E-state index in [-0.39, 0.29) is 0 Å². The number of hydrogen-bond donors (Lipinski definition) is 0. The number of benzene rings is 5. The summed E-state index contributed by atoms with van der Waals surface area (Å²) in [5.41, 5.74) is 8.70. The molecule has 0 N–H and O–H groups in total. The summed E-state index contributed by atoms with van der Waals surface area (Å²) in [6.45, 7) is 0. The van der Waals surface area contributed by atoms with Crippen molar-refractivity contribution in [2.45, 2.75) is 0 Å². The zero-order chi connectivity index (χ0) is 20.2. The monoisotopic (exact) mass is 378 g/mol. The van der Waals surface area contributed by atoms with Crippen LogP contribution in [0.4, 0.5) is 0 Å². The fourth-order valence-electron chi connectivity index (χ4n) is 3.81. The third kappa shape index (κ3) is 3.44. The molecule has 0 saturated heterocycles. The lowest BCUT2D eigenvalue weighted by Gasteiger charge is -2.20.